The Balaban J connectivity index is 1.28. The predicted octanol–water partition coefficient (Wildman–Crippen LogP) is 2.33. The number of likely N-dealkylation sites (N-methyl/N-ethyl adjacent to an activating group) is 1. The Labute approximate surface area is 213 Å². The smallest absolute Gasteiger partial charge is 0.263 e. The molecule has 0 aromatic heterocycles. The zero-order valence-electron chi connectivity index (χ0n) is 20.7. The molecule has 3 atom stereocenters. The molecule has 2 aromatic carbocycles. The van der Waals surface area contributed by atoms with Gasteiger partial charge in [0.2, 0.25) is 10.0 Å². The second kappa shape index (κ2) is 10.5. The highest BCUT2D eigenvalue weighted by Crippen LogP contribution is 2.33. The monoisotopic (exact) mass is 513 g/mol. The number of hydrogen-bond donors (Lipinski definition) is 2. The molecule has 1 amide bonds. The van der Waals surface area contributed by atoms with Crippen molar-refractivity contribution in [1.82, 2.24) is 14.5 Å². The van der Waals surface area contributed by atoms with Gasteiger partial charge in [-0.3, -0.25) is 9.69 Å². The summed E-state index contributed by atoms with van der Waals surface area (Å²) >= 11 is 0. The van der Waals surface area contributed by atoms with Crippen LogP contribution in [0.3, 0.4) is 0 Å². The zero-order chi connectivity index (χ0) is 25.3. The van der Waals surface area contributed by atoms with Crippen molar-refractivity contribution in [3.8, 4) is 5.75 Å². The molecular weight excluding hydrogens is 478 g/mol. The number of ether oxygens (including phenoxy) is 1. The van der Waals surface area contributed by atoms with Crippen LogP contribution in [0.25, 0.3) is 0 Å². The van der Waals surface area contributed by atoms with Crippen LogP contribution in [-0.2, 0) is 21.2 Å². The van der Waals surface area contributed by atoms with Crippen LogP contribution in [0, 0.1) is 5.92 Å². The van der Waals surface area contributed by atoms with E-state index in [2.05, 4.69) is 9.62 Å². The number of sulfonamides is 1. The molecule has 2 heterocycles. The van der Waals surface area contributed by atoms with Crippen molar-refractivity contribution in [2.24, 2.45) is 5.92 Å². The van der Waals surface area contributed by atoms with Gasteiger partial charge in [-0.1, -0.05) is 30.3 Å². The van der Waals surface area contributed by atoms with Crippen molar-refractivity contribution in [2.75, 3.05) is 33.2 Å². The van der Waals surface area contributed by atoms with E-state index in [1.165, 1.54) is 0 Å². The molecular formula is C27H35N3O5S. The molecule has 2 aromatic rings. The van der Waals surface area contributed by atoms with E-state index >= 15 is 0 Å². The lowest BCUT2D eigenvalue weighted by molar-refractivity contribution is -0.140. The normalized spacial score (nSPS) is 23.1. The highest BCUT2D eigenvalue weighted by atomic mass is 32.2. The summed E-state index contributed by atoms with van der Waals surface area (Å²) in [5.74, 6) is 0.921. The van der Waals surface area contributed by atoms with Crippen LogP contribution in [0.4, 0.5) is 0 Å². The first-order valence-corrected chi connectivity index (χ1v) is 14.3. The van der Waals surface area contributed by atoms with Crippen molar-refractivity contribution >= 4 is 15.9 Å². The van der Waals surface area contributed by atoms with Crippen LogP contribution in [0.5, 0.6) is 5.75 Å². The average Bonchev–Trinajstić information content (AvgIpc) is 3.64. The van der Waals surface area contributed by atoms with Gasteiger partial charge in [0.25, 0.3) is 5.91 Å². The topological polar surface area (TPSA) is 99.2 Å². The van der Waals surface area contributed by atoms with E-state index in [4.69, 9.17) is 4.74 Å². The average molecular weight is 514 g/mol. The number of carbonyl (C=O) groups excluding carboxylic acids is 1. The fourth-order valence-electron chi connectivity index (χ4n) is 5.07. The maximum absolute atomic E-state index is 13.6. The summed E-state index contributed by atoms with van der Waals surface area (Å²) in [4.78, 5) is 17.8. The minimum atomic E-state index is -3.55. The summed E-state index contributed by atoms with van der Waals surface area (Å²) in [5, 5.41) is 9.97. The lowest BCUT2D eigenvalue weighted by Gasteiger charge is -2.35. The molecule has 2 N–H and O–H groups in total. The van der Waals surface area contributed by atoms with Crippen LogP contribution in [-0.4, -0.2) is 74.7 Å². The van der Waals surface area contributed by atoms with Crippen molar-refractivity contribution in [1.29, 1.82) is 0 Å². The van der Waals surface area contributed by atoms with Gasteiger partial charge in [-0.25, -0.2) is 13.1 Å². The maximum Gasteiger partial charge on any atom is 0.263 e. The largest absolute Gasteiger partial charge is 0.480 e. The maximum atomic E-state index is 13.6. The van der Waals surface area contributed by atoms with E-state index in [1.54, 1.807) is 23.1 Å². The van der Waals surface area contributed by atoms with Crippen LogP contribution >= 0.6 is 0 Å². The van der Waals surface area contributed by atoms with Gasteiger partial charge in [0.05, 0.1) is 17.0 Å². The Morgan fingerprint density at radius 2 is 1.94 bits per heavy atom. The molecule has 194 valence electrons. The lowest BCUT2D eigenvalue weighted by atomic mass is 10.00. The number of β-amino-alcohol motifs (C(OH)–C–C–N with tert-alkyl or cyclic N) is 1. The predicted molar refractivity (Wildman–Crippen MR) is 136 cm³/mol. The SMILES string of the molecule is CN(C(=O)[C@H]1CCc2cc(S(=O)(=O)NCC3CC3)ccc2O1)[C@H](CN1CC[C@H](O)C1)c1ccccc1. The Bertz CT molecular complexity index is 1190. The number of carbonyl (C=O) groups is 1. The molecule has 3 aliphatic rings. The van der Waals surface area contributed by atoms with Gasteiger partial charge in [0.15, 0.2) is 6.10 Å². The number of nitrogens with one attached hydrogen (secondary N) is 1. The van der Waals surface area contributed by atoms with Crippen LogP contribution in [0.1, 0.15) is 42.9 Å². The first-order valence-electron chi connectivity index (χ1n) is 12.8. The number of aryl methyl sites for hydroxylation is 1. The summed E-state index contributed by atoms with van der Waals surface area (Å²) in [5.41, 5.74) is 1.85. The van der Waals surface area contributed by atoms with E-state index in [0.29, 0.717) is 44.1 Å². The molecule has 2 aliphatic heterocycles. The molecule has 0 spiro atoms. The quantitative estimate of drug-likeness (QED) is 0.534. The first-order chi connectivity index (χ1) is 17.3. The minimum Gasteiger partial charge on any atom is -0.480 e. The van der Waals surface area contributed by atoms with Crippen molar-refractivity contribution in [3.63, 3.8) is 0 Å². The van der Waals surface area contributed by atoms with Gasteiger partial charge in [0.1, 0.15) is 5.75 Å². The summed E-state index contributed by atoms with van der Waals surface area (Å²) < 4.78 is 34.1. The Hall–Kier alpha value is -2.46. The van der Waals surface area contributed by atoms with Gasteiger partial charge in [-0.05, 0) is 67.3 Å². The van der Waals surface area contributed by atoms with Gasteiger partial charge < -0.3 is 14.7 Å². The van der Waals surface area contributed by atoms with Crippen LogP contribution in [0.2, 0.25) is 0 Å². The molecule has 1 saturated heterocycles. The number of fused-ring (bicyclic) bond motifs is 1. The molecule has 1 saturated carbocycles. The third kappa shape index (κ3) is 5.75. The lowest BCUT2D eigenvalue weighted by Crippen LogP contribution is -2.46. The number of hydrogen-bond acceptors (Lipinski definition) is 6. The van der Waals surface area contributed by atoms with Gasteiger partial charge >= 0.3 is 0 Å². The number of likely N-dealkylation sites (tertiary alicyclic amines) is 1. The summed E-state index contributed by atoms with van der Waals surface area (Å²) in [6, 6.07) is 14.7. The van der Waals surface area contributed by atoms with Crippen molar-refractivity contribution in [3.05, 3.63) is 59.7 Å². The fraction of sp³-hybridized carbons (Fsp3) is 0.519. The summed E-state index contributed by atoms with van der Waals surface area (Å²) in [6.07, 6.45) is 3.01. The number of aliphatic hydroxyl groups is 1. The second-order valence-corrected chi connectivity index (χ2v) is 12.1. The number of benzene rings is 2. The molecule has 36 heavy (non-hydrogen) atoms. The Morgan fingerprint density at radius 1 is 1.17 bits per heavy atom. The van der Waals surface area contributed by atoms with Gasteiger partial charge in [0, 0.05) is 33.2 Å². The number of aliphatic hydroxyl groups excluding tert-OH is 1. The van der Waals surface area contributed by atoms with Crippen LogP contribution in [0.15, 0.2) is 53.4 Å². The van der Waals surface area contributed by atoms with E-state index in [1.807, 2.05) is 37.4 Å². The fourth-order valence-corrected chi connectivity index (χ4v) is 6.24. The van der Waals surface area contributed by atoms with Crippen LogP contribution < -0.4 is 9.46 Å². The molecule has 0 bridgehead atoms. The molecule has 8 nitrogen and oxygen atoms in total. The van der Waals surface area contributed by atoms with Crippen molar-refractivity contribution in [2.45, 2.75) is 55.2 Å². The third-order valence-electron chi connectivity index (χ3n) is 7.50. The summed E-state index contributed by atoms with van der Waals surface area (Å²) in [6.45, 7) is 2.54. The first kappa shape index (κ1) is 25.2. The highest BCUT2D eigenvalue weighted by molar-refractivity contribution is 7.89. The Morgan fingerprint density at radius 3 is 2.64 bits per heavy atom. The van der Waals surface area contributed by atoms with E-state index in [0.717, 1.165) is 36.9 Å². The summed E-state index contributed by atoms with van der Waals surface area (Å²) in [7, 11) is -1.74. The van der Waals surface area contributed by atoms with Crippen molar-refractivity contribution < 1.29 is 23.1 Å². The van der Waals surface area contributed by atoms with E-state index < -0.39 is 16.1 Å². The van der Waals surface area contributed by atoms with E-state index in [-0.39, 0.29) is 22.9 Å². The molecule has 1 aliphatic carbocycles. The molecule has 0 unspecified atom stereocenters. The van der Waals surface area contributed by atoms with E-state index in [9.17, 15) is 18.3 Å². The highest BCUT2D eigenvalue weighted by Gasteiger charge is 2.34. The number of amides is 1. The molecule has 0 radical (unpaired) electrons. The molecule has 2 fully saturated rings. The standard InChI is InChI=1S/C27H35N3O5S/c1-29(24(20-5-3-2-4-6-20)18-30-14-13-22(31)17-30)27(32)26-11-9-21-15-23(10-12-25(21)35-26)36(33,34)28-16-19-7-8-19/h2-6,10,12,15,19,22,24,26,28,31H,7-9,11,13-14,16-18H2,1H3/t22-,24+,26+/m0/s1. The Kier molecular flexibility index (Phi) is 7.35. The molecule has 5 rings (SSSR count). The molecule has 9 heteroatoms. The number of rotatable bonds is 9. The third-order valence-corrected chi connectivity index (χ3v) is 8.92. The second-order valence-electron chi connectivity index (χ2n) is 10.3. The minimum absolute atomic E-state index is 0.1000. The zero-order valence-corrected chi connectivity index (χ0v) is 21.5. The number of nitrogens with zero attached hydrogens (tertiary/aromatic N) is 2. The van der Waals surface area contributed by atoms with Gasteiger partial charge in [-0.2, -0.15) is 0 Å². The van der Waals surface area contributed by atoms with Gasteiger partial charge in [-0.15, -0.1) is 0 Å².